The minimum Gasteiger partial charge on any atom is -0.448 e. The SMILES string of the molecule is Cc1ccccc1C(=O)/C(NO)=C(\C=O)NCCOC(=O)N1CCN(c2ccccc2)CC1. The summed E-state index contributed by atoms with van der Waals surface area (Å²) in [5, 5.41) is 12.2. The fraction of sp³-hybridized carbons (Fsp3) is 0.292. The summed E-state index contributed by atoms with van der Waals surface area (Å²) in [7, 11) is 0. The first-order chi connectivity index (χ1) is 16.0. The first-order valence-corrected chi connectivity index (χ1v) is 10.7. The average Bonchev–Trinajstić information content (AvgIpc) is 2.86. The Morgan fingerprint density at radius 3 is 2.33 bits per heavy atom. The molecule has 1 fully saturated rings. The van der Waals surface area contributed by atoms with Crippen LogP contribution in [0.25, 0.3) is 0 Å². The van der Waals surface area contributed by atoms with Crippen molar-refractivity contribution in [1.82, 2.24) is 15.7 Å². The van der Waals surface area contributed by atoms with E-state index in [1.54, 1.807) is 36.1 Å². The monoisotopic (exact) mass is 452 g/mol. The van der Waals surface area contributed by atoms with E-state index in [1.807, 2.05) is 35.8 Å². The number of hydrogen-bond donors (Lipinski definition) is 3. The smallest absolute Gasteiger partial charge is 0.409 e. The highest BCUT2D eigenvalue weighted by atomic mass is 16.6. The molecule has 0 atom stereocenters. The van der Waals surface area contributed by atoms with Crippen molar-refractivity contribution in [2.45, 2.75) is 6.92 Å². The number of rotatable bonds is 9. The molecule has 2 aromatic carbocycles. The highest BCUT2D eigenvalue weighted by molar-refractivity contribution is 6.11. The Hall–Kier alpha value is -3.85. The number of anilines is 1. The van der Waals surface area contributed by atoms with Crippen molar-refractivity contribution in [3.63, 3.8) is 0 Å². The molecule has 0 saturated carbocycles. The zero-order valence-corrected chi connectivity index (χ0v) is 18.5. The molecule has 9 heteroatoms. The van der Waals surface area contributed by atoms with Crippen LogP contribution in [-0.2, 0) is 9.53 Å². The van der Waals surface area contributed by atoms with Gasteiger partial charge in [-0.15, -0.1) is 0 Å². The number of piperazine rings is 1. The number of nitrogens with one attached hydrogen (secondary N) is 2. The number of amides is 1. The van der Waals surface area contributed by atoms with Crippen molar-refractivity contribution in [1.29, 1.82) is 0 Å². The first kappa shape index (κ1) is 23.8. The van der Waals surface area contributed by atoms with E-state index in [2.05, 4.69) is 10.2 Å². The Bertz CT molecular complexity index is 1000. The van der Waals surface area contributed by atoms with Gasteiger partial charge in [0.05, 0.1) is 0 Å². The van der Waals surface area contributed by atoms with Crippen molar-refractivity contribution >= 4 is 23.9 Å². The van der Waals surface area contributed by atoms with Crippen LogP contribution in [0.4, 0.5) is 10.5 Å². The third-order valence-electron chi connectivity index (χ3n) is 5.42. The number of hydroxylamine groups is 1. The highest BCUT2D eigenvalue weighted by Crippen LogP contribution is 2.16. The number of aryl methyl sites for hydroxylation is 1. The van der Waals surface area contributed by atoms with Gasteiger partial charge in [-0.3, -0.25) is 20.3 Å². The van der Waals surface area contributed by atoms with Crippen LogP contribution >= 0.6 is 0 Å². The maximum Gasteiger partial charge on any atom is 0.409 e. The third-order valence-corrected chi connectivity index (χ3v) is 5.42. The van der Waals surface area contributed by atoms with Gasteiger partial charge in [-0.2, -0.15) is 0 Å². The second kappa shape index (κ2) is 11.7. The molecule has 3 N–H and O–H groups in total. The van der Waals surface area contributed by atoms with E-state index in [0.717, 1.165) is 5.69 Å². The lowest BCUT2D eigenvalue weighted by Gasteiger charge is -2.35. The van der Waals surface area contributed by atoms with Gasteiger partial charge in [0, 0.05) is 44.0 Å². The maximum atomic E-state index is 12.7. The van der Waals surface area contributed by atoms with Gasteiger partial charge >= 0.3 is 6.09 Å². The lowest BCUT2D eigenvalue weighted by atomic mass is 10.0. The second-order valence-corrected chi connectivity index (χ2v) is 7.51. The lowest BCUT2D eigenvalue weighted by molar-refractivity contribution is -0.105. The van der Waals surface area contributed by atoms with E-state index in [1.165, 1.54) is 0 Å². The predicted molar refractivity (Wildman–Crippen MR) is 123 cm³/mol. The average molecular weight is 453 g/mol. The van der Waals surface area contributed by atoms with Crippen molar-refractivity contribution in [3.05, 3.63) is 77.1 Å². The summed E-state index contributed by atoms with van der Waals surface area (Å²) in [6.45, 7) is 4.36. The Morgan fingerprint density at radius 2 is 1.70 bits per heavy atom. The molecule has 1 amide bonds. The molecule has 2 aromatic rings. The molecule has 0 unspecified atom stereocenters. The maximum absolute atomic E-state index is 12.7. The Balaban J connectivity index is 1.48. The number of carbonyl (C=O) groups is 3. The first-order valence-electron chi connectivity index (χ1n) is 10.7. The summed E-state index contributed by atoms with van der Waals surface area (Å²) in [6.07, 6.45) is -0.00283. The van der Waals surface area contributed by atoms with Crippen LogP contribution in [0, 0.1) is 6.92 Å². The number of para-hydroxylation sites is 1. The molecule has 33 heavy (non-hydrogen) atoms. The van der Waals surface area contributed by atoms with Gasteiger partial charge in [0.2, 0.25) is 5.78 Å². The van der Waals surface area contributed by atoms with E-state index in [-0.39, 0.29) is 24.5 Å². The summed E-state index contributed by atoms with van der Waals surface area (Å²) in [6, 6.07) is 16.9. The molecule has 9 nitrogen and oxygen atoms in total. The topological polar surface area (TPSA) is 111 Å². The van der Waals surface area contributed by atoms with Gasteiger partial charge in [0.25, 0.3) is 0 Å². The normalized spacial score (nSPS) is 14.2. The molecule has 1 aliphatic rings. The van der Waals surface area contributed by atoms with Crippen molar-refractivity contribution < 1.29 is 24.3 Å². The van der Waals surface area contributed by atoms with Crippen LogP contribution in [0.5, 0.6) is 0 Å². The largest absolute Gasteiger partial charge is 0.448 e. The molecule has 0 bridgehead atoms. The Kier molecular flexibility index (Phi) is 8.43. The number of ketones is 1. The molecular formula is C24H28N4O5. The fourth-order valence-corrected chi connectivity index (χ4v) is 3.59. The van der Waals surface area contributed by atoms with E-state index in [0.29, 0.717) is 43.6 Å². The number of hydrogen-bond acceptors (Lipinski definition) is 8. The second-order valence-electron chi connectivity index (χ2n) is 7.51. The van der Waals surface area contributed by atoms with Gasteiger partial charge in [-0.05, 0) is 24.6 Å². The van der Waals surface area contributed by atoms with Gasteiger partial charge in [0.15, 0.2) is 6.29 Å². The quantitative estimate of drug-likeness (QED) is 0.174. The van der Waals surface area contributed by atoms with Gasteiger partial charge in [0.1, 0.15) is 18.0 Å². The van der Waals surface area contributed by atoms with Crippen LogP contribution in [0.15, 0.2) is 66.0 Å². The summed E-state index contributed by atoms with van der Waals surface area (Å²) in [5.74, 6) is -0.529. The van der Waals surface area contributed by atoms with Crippen LogP contribution in [-0.4, -0.2) is 67.6 Å². The molecule has 0 spiro atoms. The van der Waals surface area contributed by atoms with Crippen LogP contribution < -0.4 is 15.7 Å². The predicted octanol–water partition coefficient (Wildman–Crippen LogP) is 2.12. The molecule has 1 aliphatic heterocycles. The minimum atomic E-state index is -0.529. The van der Waals surface area contributed by atoms with E-state index in [4.69, 9.17) is 4.74 Å². The molecule has 174 valence electrons. The van der Waals surface area contributed by atoms with Gasteiger partial charge in [-0.1, -0.05) is 42.5 Å². The third kappa shape index (κ3) is 6.11. The summed E-state index contributed by atoms with van der Waals surface area (Å²) in [5.41, 5.74) is 3.60. The minimum absolute atomic E-state index is 0.00760. The number of carbonyl (C=O) groups excluding carboxylic acids is 3. The number of Topliss-reactive ketones (excluding diaryl/α,β-unsaturated/α-hetero) is 1. The van der Waals surface area contributed by atoms with Crippen molar-refractivity contribution in [2.24, 2.45) is 0 Å². The molecule has 0 radical (unpaired) electrons. The molecule has 1 heterocycles. The van der Waals surface area contributed by atoms with Crippen molar-refractivity contribution in [3.8, 4) is 0 Å². The van der Waals surface area contributed by atoms with Gasteiger partial charge < -0.3 is 19.9 Å². The standard InChI is InChI=1S/C24H28N4O5/c1-18-7-5-6-10-20(18)23(30)22(26-32)21(17-29)25-11-16-33-24(31)28-14-12-27(13-15-28)19-8-3-2-4-9-19/h2-10,17,25-26,32H,11-16H2,1H3/b22-21-. The molecule has 3 rings (SSSR count). The summed E-state index contributed by atoms with van der Waals surface area (Å²) < 4.78 is 5.29. The molecule has 0 aromatic heterocycles. The number of nitrogens with zero attached hydrogens (tertiary/aromatic N) is 2. The van der Waals surface area contributed by atoms with E-state index in [9.17, 15) is 19.6 Å². The molecule has 0 aliphatic carbocycles. The Labute approximate surface area is 192 Å². The highest BCUT2D eigenvalue weighted by Gasteiger charge is 2.22. The van der Waals surface area contributed by atoms with Crippen LogP contribution in [0.1, 0.15) is 15.9 Å². The molecule has 1 saturated heterocycles. The number of aldehydes is 1. The molecular weight excluding hydrogens is 424 g/mol. The zero-order chi connectivity index (χ0) is 23.6. The zero-order valence-electron chi connectivity index (χ0n) is 18.5. The van der Waals surface area contributed by atoms with E-state index >= 15 is 0 Å². The van der Waals surface area contributed by atoms with E-state index < -0.39 is 11.9 Å². The fourth-order valence-electron chi connectivity index (χ4n) is 3.59. The van der Waals surface area contributed by atoms with Crippen LogP contribution in [0.2, 0.25) is 0 Å². The number of ether oxygens (including phenoxy) is 1. The summed E-state index contributed by atoms with van der Waals surface area (Å²) in [4.78, 5) is 40.4. The lowest BCUT2D eigenvalue weighted by Crippen LogP contribution is -2.49. The number of benzene rings is 2. The summed E-state index contributed by atoms with van der Waals surface area (Å²) >= 11 is 0. The number of allylic oxidation sites excluding steroid dienone is 2. The van der Waals surface area contributed by atoms with Crippen LogP contribution in [0.3, 0.4) is 0 Å². The Morgan fingerprint density at radius 1 is 1.03 bits per heavy atom. The van der Waals surface area contributed by atoms with Crippen molar-refractivity contribution in [2.75, 3.05) is 44.2 Å². The van der Waals surface area contributed by atoms with Gasteiger partial charge in [-0.25, -0.2) is 4.79 Å².